The van der Waals surface area contributed by atoms with Crippen molar-refractivity contribution < 1.29 is 0 Å². The third kappa shape index (κ3) is 2.55. The highest BCUT2D eigenvalue weighted by Crippen LogP contribution is 2.16. The van der Waals surface area contributed by atoms with Gasteiger partial charge in [-0.05, 0) is 28.8 Å². The van der Waals surface area contributed by atoms with E-state index in [4.69, 9.17) is 0 Å². The summed E-state index contributed by atoms with van der Waals surface area (Å²) >= 11 is 6.86. The molecule has 12 heavy (non-hydrogen) atoms. The standard InChI is InChI=1S/C7H11Br2N3/c1-5(8)3-4-6-7(9)10-11-12(6)2/h5H,3-4H2,1-2H3. The Balaban J connectivity index is 2.62. The predicted octanol–water partition coefficient (Wildman–Crippen LogP) is 2.29. The lowest BCUT2D eigenvalue weighted by Gasteiger charge is -2.02. The van der Waals surface area contributed by atoms with Crippen molar-refractivity contribution in [1.29, 1.82) is 0 Å². The first-order valence-electron chi connectivity index (χ1n) is 3.79. The van der Waals surface area contributed by atoms with Gasteiger partial charge in [-0.25, -0.2) is 0 Å². The number of rotatable bonds is 3. The second-order valence-corrected chi connectivity index (χ2v) is 5.08. The molecule has 0 aliphatic heterocycles. The lowest BCUT2D eigenvalue weighted by molar-refractivity contribution is 0.660. The Labute approximate surface area is 88.8 Å². The smallest absolute Gasteiger partial charge is 0.151 e. The van der Waals surface area contributed by atoms with Crippen LogP contribution in [-0.4, -0.2) is 19.8 Å². The fourth-order valence-electron chi connectivity index (χ4n) is 0.952. The van der Waals surface area contributed by atoms with Gasteiger partial charge in [-0.3, -0.25) is 4.68 Å². The van der Waals surface area contributed by atoms with Gasteiger partial charge in [0, 0.05) is 11.9 Å². The summed E-state index contributed by atoms with van der Waals surface area (Å²) in [6.45, 7) is 2.14. The maximum Gasteiger partial charge on any atom is 0.151 e. The van der Waals surface area contributed by atoms with Crippen molar-refractivity contribution in [2.45, 2.75) is 24.6 Å². The van der Waals surface area contributed by atoms with Gasteiger partial charge in [0.25, 0.3) is 0 Å². The van der Waals surface area contributed by atoms with Crippen LogP contribution in [-0.2, 0) is 13.5 Å². The molecule has 1 atom stereocenters. The number of aromatic nitrogens is 3. The SMILES string of the molecule is CC(Br)CCc1c(Br)nnn1C. The van der Waals surface area contributed by atoms with Crippen molar-refractivity contribution in [2.24, 2.45) is 7.05 Å². The van der Waals surface area contributed by atoms with Crippen LogP contribution in [0.3, 0.4) is 0 Å². The minimum atomic E-state index is 0.541. The van der Waals surface area contributed by atoms with E-state index in [-0.39, 0.29) is 0 Å². The molecular weight excluding hydrogens is 286 g/mol. The van der Waals surface area contributed by atoms with Crippen molar-refractivity contribution in [3.05, 3.63) is 10.3 Å². The number of halogens is 2. The highest BCUT2D eigenvalue weighted by molar-refractivity contribution is 9.10. The Hall–Kier alpha value is 0.1000. The highest BCUT2D eigenvalue weighted by Gasteiger charge is 2.08. The molecule has 68 valence electrons. The predicted molar refractivity (Wildman–Crippen MR) is 55.4 cm³/mol. The molecule has 0 N–H and O–H groups in total. The molecule has 1 rings (SSSR count). The van der Waals surface area contributed by atoms with Crippen molar-refractivity contribution in [3.8, 4) is 0 Å². The topological polar surface area (TPSA) is 30.7 Å². The van der Waals surface area contributed by atoms with Gasteiger partial charge in [-0.15, -0.1) is 5.10 Å². The highest BCUT2D eigenvalue weighted by atomic mass is 79.9. The molecule has 0 aliphatic carbocycles. The zero-order valence-electron chi connectivity index (χ0n) is 7.09. The Morgan fingerprint density at radius 1 is 1.58 bits per heavy atom. The van der Waals surface area contributed by atoms with Crippen LogP contribution in [0.4, 0.5) is 0 Å². The van der Waals surface area contributed by atoms with Gasteiger partial charge in [0.15, 0.2) is 4.60 Å². The first-order chi connectivity index (χ1) is 5.61. The average molecular weight is 297 g/mol. The monoisotopic (exact) mass is 295 g/mol. The van der Waals surface area contributed by atoms with E-state index in [1.807, 2.05) is 7.05 Å². The van der Waals surface area contributed by atoms with Crippen LogP contribution in [0.25, 0.3) is 0 Å². The summed E-state index contributed by atoms with van der Waals surface area (Å²) in [5.74, 6) is 0. The quantitative estimate of drug-likeness (QED) is 0.801. The molecule has 3 nitrogen and oxygen atoms in total. The summed E-state index contributed by atoms with van der Waals surface area (Å²) in [5, 5.41) is 7.81. The molecule has 0 fully saturated rings. The minimum Gasteiger partial charge on any atom is -0.251 e. The maximum atomic E-state index is 3.91. The molecule has 0 bridgehead atoms. The number of hydrogen-bond donors (Lipinski definition) is 0. The van der Waals surface area contributed by atoms with Crippen molar-refractivity contribution in [1.82, 2.24) is 15.0 Å². The third-order valence-corrected chi connectivity index (χ3v) is 2.75. The van der Waals surface area contributed by atoms with Gasteiger partial charge >= 0.3 is 0 Å². The first kappa shape index (κ1) is 10.2. The molecule has 1 aromatic rings. The number of hydrogen-bond acceptors (Lipinski definition) is 2. The molecule has 1 heterocycles. The molecule has 0 amide bonds. The van der Waals surface area contributed by atoms with Crippen LogP contribution in [0.5, 0.6) is 0 Å². The van der Waals surface area contributed by atoms with E-state index in [1.54, 1.807) is 4.68 Å². The second-order valence-electron chi connectivity index (χ2n) is 2.77. The van der Waals surface area contributed by atoms with Gasteiger partial charge in [0.2, 0.25) is 0 Å². The maximum absolute atomic E-state index is 3.91. The van der Waals surface area contributed by atoms with E-state index in [2.05, 4.69) is 49.1 Å². The molecule has 5 heteroatoms. The van der Waals surface area contributed by atoms with E-state index >= 15 is 0 Å². The fourth-order valence-corrected chi connectivity index (χ4v) is 1.71. The third-order valence-electron chi connectivity index (χ3n) is 1.67. The van der Waals surface area contributed by atoms with Crippen LogP contribution >= 0.6 is 31.9 Å². The van der Waals surface area contributed by atoms with E-state index in [1.165, 1.54) is 0 Å². The number of alkyl halides is 1. The molecule has 1 unspecified atom stereocenters. The van der Waals surface area contributed by atoms with Crippen molar-refractivity contribution >= 4 is 31.9 Å². The Morgan fingerprint density at radius 3 is 2.67 bits per heavy atom. The van der Waals surface area contributed by atoms with Gasteiger partial charge in [0.05, 0.1) is 5.69 Å². The molecule has 1 aromatic heterocycles. The first-order valence-corrected chi connectivity index (χ1v) is 5.50. The zero-order chi connectivity index (χ0) is 9.14. The summed E-state index contributed by atoms with van der Waals surface area (Å²) in [6.07, 6.45) is 2.09. The Morgan fingerprint density at radius 2 is 2.25 bits per heavy atom. The van der Waals surface area contributed by atoms with Gasteiger partial charge in [0.1, 0.15) is 0 Å². The van der Waals surface area contributed by atoms with Crippen LogP contribution in [0.15, 0.2) is 4.60 Å². The molecule has 0 aromatic carbocycles. The van der Waals surface area contributed by atoms with E-state index in [0.29, 0.717) is 4.83 Å². The largest absolute Gasteiger partial charge is 0.251 e. The van der Waals surface area contributed by atoms with Crippen LogP contribution in [0.1, 0.15) is 19.0 Å². The van der Waals surface area contributed by atoms with Crippen molar-refractivity contribution in [3.63, 3.8) is 0 Å². The molecule has 0 saturated heterocycles. The van der Waals surface area contributed by atoms with Gasteiger partial charge in [-0.1, -0.05) is 28.1 Å². The summed E-state index contributed by atoms with van der Waals surface area (Å²) in [6, 6.07) is 0. The average Bonchev–Trinajstić information content (AvgIpc) is 2.28. The molecule has 0 radical (unpaired) electrons. The molecule has 0 spiro atoms. The number of nitrogens with zero attached hydrogens (tertiary/aromatic N) is 3. The Bertz CT molecular complexity index is 238. The van der Waals surface area contributed by atoms with Crippen LogP contribution in [0, 0.1) is 0 Å². The minimum absolute atomic E-state index is 0.541. The Kier molecular flexibility index (Phi) is 3.71. The van der Waals surface area contributed by atoms with E-state index in [0.717, 1.165) is 23.1 Å². The lowest BCUT2D eigenvalue weighted by Crippen LogP contribution is -2.01. The van der Waals surface area contributed by atoms with E-state index in [9.17, 15) is 0 Å². The number of aryl methyl sites for hydroxylation is 1. The van der Waals surface area contributed by atoms with Gasteiger partial charge < -0.3 is 0 Å². The molecular formula is C7H11Br2N3. The normalized spacial score (nSPS) is 13.3. The lowest BCUT2D eigenvalue weighted by atomic mass is 10.2. The summed E-state index contributed by atoms with van der Waals surface area (Å²) in [5.41, 5.74) is 1.15. The fraction of sp³-hybridized carbons (Fsp3) is 0.714. The summed E-state index contributed by atoms with van der Waals surface area (Å²) in [7, 11) is 1.91. The summed E-state index contributed by atoms with van der Waals surface area (Å²) < 4.78 is 2.66. The summed E-state index contributed by atoms with van der Waals surface area (Å²) in [4.78, 5) is 0.541. The zero-order valence-corrected chi connectivity index (χ0v) is 10.3. The van der Waals surface area contributed by atoms with Crippen molar-refractivity contribution in [2.75, 3.05) is 0 Å². The second kappa shape index (κ2) is 4.37. The molecule has 0 saturated carbocycles. The van der Waals surface area contributed by atoms with E-state index < -0.39 is 0 Å². The van der Waals surface area contributed by atoms with Crippen LogP contribution in [0.2, 0.25) is 0 Å². The molecule has 0 aliphatic rings. The van der Waals surface area contributed by atoms with Crippen LogP contribution < -0.4 is 0 Å². The van der Waals surface area contributed by atoms with Gasteiger partial charge in [-0.2, -0.15) is 0 Å².